The van der Waals surface area contributed by atoms with Crippen LogP contribution in [-0.4, -0.2) is 32.7 Å². The van der Waals surface area contributed by atoms with Crippen molar-refractivity contribution in [3.63, 3.8) is 0 Å². The molecule has 10 heteroatoms. The fourth-order valence-electron chi connectivity index (χ4n) is 3.04. The molecule has 1 amide bonds. The Labute approximate surface area is 183 Å². The topological polar surface area (TPSA) is 133 Å². The summed E-state index contributed by atoms with van der Waals surface area (Å²) in [6, 6.07) is 11.8. The number of hydrogen-bond acceptors (Lipinski definition) is 7. The third-order valence-corrected chi connectivity index (χ3v) is 4.60. The largest absolute Gasteiger partial charge is 0.448 e. The monoisotopic (exact) mass is 438 g/mol. The fourth-order valence-corrected chi connectivity index (χ4v) is 3.04. The van der Waals surface area contributed by atoms with Crippen LogP contribution in [0.15, 0.2) is 53.3 Å². The smallest absolute Gasteiger partial charge is 0.360 e. The number of benzene rings is 2. The SMILES string of the molecule is CC(C)Cn1nc(C(=O)OC(C)C(=O)Nc2ccc([N+](=O)[O-])cc2)c2ccccc2c1=O. The Kier molecular flexibility index (Phi) is 6.62. The van der Waals surface area contributed by atoms with Gasteiger partial charge in [-0.05, 0) is 31.0 Å². The molecule has 0 spiro atoms. The molecule has 2 aromatic carbocycles. The van der Waals surface area contributed by atoms with Gasteiger partial charge < -0.3 is 10.1 Å². The number of ether oxygens (including phenoxy) is 1. The van der Waals surface area contributed by atoms with Gasteiger partial charge in [-0.15, -0.1) is 0 Å². The van der Waals surface area contributed by atoms with Gasteiger partial charge in [-0.2, -0.15) is 5.10 Å². The summed E-state index contributed by atoms with van der Waals surface area (Å²) in [6.45, 7) is 5.56. The van der Waals surface area contributed by atoms with Crippen molar-refractivity contribution in [1.29, 1.82) is 0 Å². The van der Waals surface area contributed by atoms with Gasteiger partial charge in [0.05, 0.1) is 10.3 Å². The number of fused-ring (bicyclic) bond motifs is 1. The van der Waals surface area contributed by atoms with Crippen molar-refractivity contribution >= 4 is 34.0 Å². The number of nitrogens with one attached hydrogen (secondary N) is 1. The summed E-state index contributed by atoms with van der Waals surface area (Å²) in [4.78, 5) is 48.1. The standard InChI is InChI=1S/C22H22N4O6/c1-13(2)12-25-21(28)18-7-5-4-6-17(18)19(24-25)22(29)32-14(3)20(27)23-15-8-10-16(11-9-15)26(30)31/h4-11,13-14H,12H2,1-3H3,(H,23,27). The van der Waals surface area contributed by atoms with E-state index in [1.165, 1.54) is 35.9 Å². The minimum atomic E-state index is -1.18. The molecule has 3 rings (SSSR count). The zero-order valence-corrected chi connectivity index (χ0v) is 17.8. The Bertz CT molecular complexity index is 1230. The third kappa shape index (κ3) is 4.97. The van der Waals surface area contributed by atoms with Crippen LogP contribution in [-0.2, 0) is 16.1 Å². The summed E-state index contributed by atoms with van der Waals surface area (Å²) < 4.78 is 6.53. The van der Waals surface area contributed by atoms with Gasteiger partial charge in [0, 0.05) is 29.8 Å². The first kappa shape index (κ1) is 22.6. The van der Waals surface area contributed by atoms with E-state index >= 15 is 0 Å². The van der Waals surface area contributed by atoms with Crippen molar-refractivity contribution in [2.45, 2.75) is 33.4 Å². The molecule has 0 aliphatic rings. The molecule has 3 aromatic rings. The van der Waals surface area contributed by atoms with Crippen LogP contribution in [0.5, 0.6) is 0 Å². The molecule has 0 saturated heterocycles. The van der Waals surface area contributed by atoms with Gasteiger partial charge in [0.1, 0.15) is 0 Å². The van der Waals surface area contributed by atoms with Crippen LogP contribution in [0.3, 0.4) is 0 Å². The Morgan fingerprint density at radius 3 is 2.31 bits per heavy atom. The molecule has 32 heavy (non-hydrogen) atoms. The average Bonchev–Trinajstić information content (AvgIpc) is 2.75. The Balaban J connectivity index is 1.81. The number of aromatic nitrogens is 2. The van der Waals surface area contributed by atoms with Gasteiger partial charge in [0.25, 0.3) is 17.2 Å². The molecule has 0 fully saturated rings. The Hall–Kier alpha value is -4.08. The predicted molar refractivity (Wildman–Crippen MR) is 117 cm³/mol. The van der Waals surface area contributed by atoms with E-state index in [0.29, 0.717) is 23.0 Å². The molecule has 0 bridgehead atoms. The van der Waals surface area contributed by atoms with Crippen LogP contribution in [0.1, 0.15) is 31.3 Å². The quantitative estimate of drug-likeness (QED) is 0.340. The summed E-state index contributed by atoms with van der Waals surface area (Å²) in [6.07, 6.45) is -1.18. The van der Waals surface area contributed by atoms with Crippen LogP contribution in [0.2, 0.25) is 0 Å². The van der Waals surface area contributed by atoms with E-state index < -0.39 is 22.9 Å². The van der Waals surface area contributed by atoms with Crippen molar-refractivity contribution in [3.8, 4) is 0 Å². The number of nitro benzene ring substituents is 1. The highest BCUT2D eigenvalue weighted by Crippen LogP contribution is 2.18. The van der Waals surface area contributed by atoms with Gasteiger partial charge in [-0.3, -0.25) is 19.7 Å². The molecule has 1 heterocycles. The molecule has 0 radical (unpaired) electrons. The van der Waals surface area contributed by atoms with Crippen LogP contribution in [0.4, 0.5) is 11.4 Å². The van der Waals surface area contributed by atoms with E-state index in [4.69, 9.17) is 4.74 Å². The highest BCUT2D eigenvalue weighted by atomic mass is 16.6. The molecule has 10 nitrogen and oxygen atoms in total. The van der Waals surface area contributed by atoms with Gasteiger partial charge in [0.2, 0.25) is 0 Å². The minimum Gasteiger partial charge on any atom is -0.448 e. The minimum absolute atomic E-state index is 0.0594. The number of non-ortho nitro benzene ring substituents is 1. The molecule has 166 valence electrons. The van der Waals surface area contributed by atoms with Crippen LogP contribution in [0, 0.1) is 16.0 Å². The maximum atomic E-state index is 12.8. The first-order valence-electron chi connectivity index (χ1n) is 9.93. The Morgan fingerprint density at radius 2 is 1.72 bits per heavy atom. The maximum Gasteiger partial charge on any atom is 0.360 e. The summed E-state index contributed by atoms with van der Waals surface area (Å²) in [5.74, 6) is -1.34. The molecule has 0 aliphatic carbocycles. The molecule has 1 N–H and O–H groups in total. The van der Waals surface area contributed by atoms with Crippen LogP contribution >= 0.6 is 0 Å². The van der Waals surface area contributed by atoms with Crippen molar-refractivity contribution < 1.29 is 19.2 Å². The number of carbonyl (C=O) groups is 2. The maximum absolute atomic E-state index is 12.8. The first-order valence-corrected chi connectivity index (χ1v) is 9.93. The lowest BCUT2D eigenvalue weighted by Gasteiger charge is -2.15. The van der Waals surface area contributed by atoms with Crippen molar-refractivity contribution in [2.75, 3.05) is 5.32 Å². The molecule has 0 aliphatic heterocycles. The van der Waals surface area contributed by atoms with E-state index in [0.717, 1.165) is 0 Å². The number of nitro groups is 1. The number of esters is 1. The highest BCUT2D eigenvalue weighted by molar-refractivity contribution is 6.03. The molecule has 1 atom stereocenters. The Morgan fingerprint density at radius 1 is 1.09 bits per heavy atom. The molecule has 1 aromatic heterocycles. The molecule has 1 unspecified atom stereocenters. The average molecular weight is 438 g/mol. The zero-order valence-electron chi connectivity index (χ0n) is 17.8. The number of amides is 1. The number of hydrogen-bond donors (Lipinski definition) is 1. The van der Waals surface area contributed by atoms with Crippen molar-refractivity contribution in [3.05, 3.63) is 74.7 Å². The molecule has 0 saturated carbocycles. The van der Waals surface area contributed by atoms with Crippen LogP contribution in [0.25, 0.3) is 10.8 Å². The zero-order chi connectivity index (χ0) is 23.4. The predicted octanol–water partition coefficient (Wildman–Crippen LogP) is 3.14. The summed E-state index contributed by atoms with van der Waals surface area (Å²) >= 11 is 0. The second-order valence-corrected chi connectivity index (χ2v) is 7.62. The summed E-state index contributed by atoms with van der Waals surface area (Å²) in [5.41, 5.74) is -0.167. The van der Waals surface area contributed by atoms with Gasteiger partial charge in [-0.25, -0.2) is 9.48 Å². The van der Waals surface area contributed by atoms with E-state index in [2.05, 4.69) is 10.4 Å². The summed E-state index contributed by atoms with van der Waals surface area (Å²) in [7, 11) is 0. The number of rotatable bonds is 7. The number of carbonyl (C=O) groups excluding carboxylic acids is 2. The number of nitrogens with zero attached hydrogens (tertiary/aromatic N) is 3. The van der Waals surface area contributed by atoms with Gasteiger partial charge in [-0.1, -0.05) is 32.0 Å². The highest BCUT2D eigenvalue weighted by Gasteiger charge is 2.23. The molecular formula is C22H22N4O6. The lowest BCUT2D eigenvalue weighted by atomic mass is 10.1. The lowest BCUT2D eigenvalue weighted by molar-refractivity contribution is -0.384. The number of anilines is 1. The van der Waals surface area contributed by atoms with Gasteiger partial charge >= 0.3 is 5.97 Å². The van der Waals surface area contributed by atoms with E-state index in [-0.39, 0.29) is 22.9 Å². The normalized spacial score (nSPS) is 11.9. The van der Waals surface area contributed by atoms with Crippen molar-refractivity contribution in [1.82, 2.24) is 9.78 Å². The van der Waals surface area contributed by atoms with Crippen LogP contribution < -0.4 is 10.9 Å². The lowest BCUT2D eigenvalue weighted by Crippen LogP contribution is -2.32. The molecular weight excluding hydrogens is 416 g/mol. The van der Waals surface area contributed by atoms with E-state index in [1.54, 1.807) is 24.3 Å². The fraction of sp³-hybridized carbons (Fsp3) is 0.273. The van der Waals surface area contributed by atoms with E-state index in [9.17, 15) is 24.5 Å². The van der Waals surface area contributed by atoms with Crippen molar-refractivity contribution in [2.24, 2.45) is 5.92 Å². The second-order valence-electron chi connectivity index (χ2n) is 7.62. The van der Waals surface area contributed by atoms with Gasteiger partial charge in [0.15, 0.2) is 11.8 Å². The van der Waals surface area contributed by atoms with E-state index in [1.807, 2.05) is 13.8 Å². The first-order chi connectivity index (χ1) is 15.2. The second kappa shape index (κ2) is 9.38. The summed E-state index contributed by atoms with van der Waals surface area (Å²) in [5, 5.41) is 18.1. The third-order valence-electron chi connectivity index (χ3n) is 4.60.